The molecule has 2 rings (SSSR count). The second-order valence-corrected chi connectivity index (χ2v) is 5.43. The number of halogens is 2. The number of benzene rings is 1. The molecule has 22 heavy (non-hydrogen) atoms. The molecule has 0 fully saturated rings. The molecule has 2 N–H and O–H groups in total. The van der Waals surface area contributed by atoms with Gasteiger partial charge in [0.15, 0.2) is 11.7 Å². The largest absolute Gasteiger partial charge is 0.482 e. The maximum absolute atomic E-state index is 11.7. The third-order valence-corrected chi connectivity index (χ3v) is 3.29. The number of furan rings is 1. The highest BCUT2D eigenvalue weighted by Crippen LogP contribution is 2.27. The van der Waals surface area contributed by atoms with E-state index in [1.807, 2.05) is 0 Å². The average Bonchev–Trinajstić information content (AvgIpc) is 2.97. The number of hydrogen-bond acceptors (Lipinski definition) is 4. The van der Waals surface area contributed by atoms with Gasteiger partial charge in [-0.15, -0.1) is 0 Å². The van der Waals surface area contributed by atoms with E-state index in [4.69, 9.17) is 44.6 Å². The van der Waals surface area contributed by atoms with Crippen molar-refractivity contribution in [3.05, 3.63) is 52.4 Å². The van der Waals surface area contributed by atoms with Crippen molar-refractivity contribution in [3.8, 4) is 5.75 Å². The van der Waals surface area contributed by atoms with Crippen LogP contribution in [0.15, 0.2) is 41.0 Å². The Labute approximate surface area is 142 Å². The Morgan fingerprint density at radius 1 is 1.32 bits per heavy atom. The molecule has 0 bridgehead atoms. The van der Waals surface area contributed by atoms with Crippen LogP contribution in [0.1, 0.15) is 5.76 Å². The molecule has 0 radical (unpaired) electrons. The molecule has 0 aliphatic rings. The van der Waals surface area contributed by atoms with Crippen molar-refractivity contribution in [3.63, 3.8) is 0 Å². The summed E-state index contributed by atoms with van der Waals surface area (Å²) in [6.07, 6.45) is 1.56. The molecule has 2 aromatic rings. The Morgan fingerprint density at radius 3 is 2.82 bits per heavy atom. The van der Waals surface area contributed by atoms with E-state index in [9.17, 15) is 4.79 Å². The zero-order valence-electron chi connectivity index (χ0n) is 11.3. The molecule has 1 aromatic heterocycles. The van der Waals surface area contributed by atoms with E-state index in [2.05, 4.69) is 10.6 Å². The van der Waals surface area contributed by atoms with Gasteiger partial charge in [-0.2, -0.15) is 0 Å². The van der Waals surface area contributed by atoms with Crippen molar-refractivity contribution in [2.45, 2.75) is 6.54 Å². The van der Waals surface area contributed by atoms with Crippen molar-refractivity contribution < 1.29 is 13.9 Å². The molecule has 0 spiro atoms. The quantitative estimate of drug-likeness (QED) is 0.803. The van der Waals surface area contributed by atoms with Crippen LogP contribution < -0.4 is 15.4 Å². The van der Waals surface area contributed by atoms with Crippen molar-refractivity contribution in [2.24, 2.45) is 0 Å². The van der Waals surface area contributed by atoms with Crippen LogP contribution in [0, 0.1) is 0 Å². The standard InChI is InChI=1S/C14H12Cl2N2O3S/c15-9-3-4-12(11(16)6-9)21-8-13(19)18-14(22)17-7-10-2-1-5-20-10/h1-6H,7-8H2,(H2,17,18,19,22). The molecule has 1 amide bonds. The van der Waals surface area contributed by atoms with Gasteiger partial charge in [0.1, 0.15) is 11.5 Å². The predicted molar refractivity (Wildman–Crippen MR) is 88.2 cm³/mol. The van der Waals surface area contributed by atoms with E-state index in [1.165, 1.54) is 6.07 Å². The SMILES string of the molecule is O=C(COc1ccc(Cl)cc1Cl)NC(=S)NCc1ccco1. The van der Waals surface area contributed by atoms with Gasteiger partial charge in [-0.25, -0.2) is 0 Å². The summed E-state index contributed by atoms with van der Waals surface area (Å²) >= 11 is 16.7. The first-order valence-electron chi connectivity index (χ1n) is 6.22. The van der Waals surface area contributed by atoms with Crippen LogP contribution in [0.2, 0.25) is 10.0 Å². The number of amides is 1. The number of carbonyl (C=O) groups excluding carboxylic acids is 1. The lowest BCUT2D eigenvalue weighted by molar-refractivity contribution is -0.121. The molecule has 1 aromatic carbocycles. The van der Waals surface area contributed by atoms with Crippen LogP contribution in [0.3, 0.4) is 0 Å². The monoisotopic (exact) mass is 358 g/mol. The number of rotatable bonds is 5. The maximum atomic E-state index is 11.7. The van der Waals surface area contributed by atoms with Gasteiger partial charge in [0, 0.05) is 5.02 Å². The van der Waals surface area contributed by atoms with Gasteiger partial charge < -0.3 is 19.8 Å². The molecule has 0 aliphatic heterocycles. The summed E-state index contributed by atoms with van der Waals surface area (Å²) in [5, 5.41) is 6.34. The average molecular weight is 359 g/mol. The van der Waals surface area contributed by atoms with Crippen LogP contribution in [0.4, 0.5) is 0 Å². The molecular weight excluding hydrogens is 347 g/mol. The van der Waals surface area contributed by atoms with Crippen LogP contribution in [-0.2, 0) is 11.3 Å². The van der Waals surface area contributed by atoms with E-state index in [-0.39, 0.29) is 11.7 Å². The van der Waals surface area contributed by atoms with E-state index in [0.29, 0.717) is 28.1 Å². The van der Waals surface area contributed by atoms with Gasteiger partial charge in [0.05, 0.1) is 17.8 Å². The summed E-state index contributed by atoms with van der Waals surface area (Å²) < 4.78 is 10.4. The van der Waals surface area contributed by atoms with Crippen molar-refractivity contribution in [1.82, 2.24) is 10.6 Å². The number of ether oxygens (including phenoxy) is 1. The summed E-state index contributed by atoms with van der Waals surface area (Å²) in [7, 11) is 0. The summed E-state index contributed by atoms with van der Waals surface area (Å²) in [4.78, 5) is 11.7. The minimum absolute atomic E-state index is 0.187. The fourth-order valence-electron chi connectivity index (χ4n) is 1.52. The zero-order valence-corrected chi connectivity index (χ0v) is 13.6. The highest BCUT2D eigenvalue weighted by Gasteiger charge is 2.08. The summed E-state index contributed by atoms with van der Waals surface area (Å²) in [6, 6.07) is 8.30. The fraction of sp³-hybridized carbons (Fsp3) is 0.143. The molecule has 0 atom stereocenters. The summed E-state index contributed by atoms with van der Waals surface area (Å²) in [5.41, 5.74) is 0. The van der Waals surface area contributed by atoms with E-state index >= 15 is 0 Å². The Balaban J connectivity index is 1.74. The lowest BCUT2D eigenvalue weighted by Gasteiger charge is -2.10. The Kier molecular flexibility index (Phi) is 6.06. The number of nitrogens with one attached hydrogen (secondary N) is 2. The predicted octanol–water partition coefficient (Wildman–Crippen LogP) is 3.16. The molecular formula is C14H12Cl2N2O3S. The summed E-state index contributed by atoms with van der Waals surface area (Å²) in [6.45, 7) is 0.167. The maximum Gasteiger partial charge on any atom is 0.264 e. The first-order valence-corrected chi connectivity index (χ1v) is 7.39. The number of thiocarbonyl (C=S) groups is 1. The molecule has 1 heterocycles. The molecule has 0 saturated carbocycles. The zero-order chi connectivity index (χ0) is 15.9. The smallest absolute Gasteiger partial charge is 0.264 e. The van der Waals surface area contributed by atoms with Crippen LogP contribution in [0.5, 0.6) is 5.75 Å². The highest BCUT2D eigenvalue weighted by atomic mass is 35.5. The Hall–Kier alpha value is -1.76. The topological polar surface area (TPSA) is 63.5 Å². The third kappa shape index (κ3) is 5.22. The van der Waals surface area contributed by atoms with Gasteiger partial charge in [-0.05, 0) is 42.5 Å². The molecule has 0 saturated heterocycles. The molecule has 0 aliphatic carbocycles. The number of hydrogen-bond donors (Lipinski definition) is 2. The Morgan fingerprint density at radius 2 is 2.14 bits per heavy atom. The Bertz CT molecular complexity index is 662. The van der Waals surface area contributed by atoms with Gasteiger partial charge in [-0.1, -0.05) is 23.2 Å². The second-order valence-electron chi connectivity index (χ2n) is 4.17. The van der Waals surface area contributed by atoms with Crippen molar-refractivity contribution in [1.29, 1.82) is 0 Å². The van der Waals surface area contributed by atoms with E-state index in [0.717, 1.165) is 0 Å². The molecule has 8 heteroatoms. The minimum atomic E-state index is -0.400. The molecule has 5 nitrogen and oxygen atoms in total. The van der Waals surface area contributed by atoms with Crippen LogP contribution in [-0.4, -0.2) is 17.6 Å². The highest BCUT2D eigenvalue weighted by molar-refractivity contribution is 7.80. The minimum Gasteiger partial charge on any atom is -0.482 e. The van der Waals surface area contributed by atoms with Gasteiger partial charge >= 0.3 is 0 Å². The van der Waals surface area contributed by atoms with Gasteiger partial charge in [0.25, 0.3) is 5.91 Å². The summed E-state index contributed by atoms with van der Waals surface area (Å²) in [5.74, 6) is 0.680. The molecule has 0 unspecified atom stereocenters. The lowest BCUT2D eigenvalue weighted by atomic mass is 10.3. The van der Waals surface area contributed by atoms with E-state index in [1.54, 1.807) is 30.5 Å². The second kappa shape index (κ2) is 8.03. The van der Waals surface area contributed by atoms with E-state index < -0.39 is 5.91 Å². The number of carbonyl (C=O) groups is 1. The van der Waals surface area contributed by atoms with Crippen LogP contribution >= 0.6 is 35.4 Å². The van der Waals surface area contributed by atoms with Crippen LogP contribution in [0.25, 0.3) is 0 Å². The van der Waals surface area contributed by atoms with Gasteiger partial charge in [-0.3, -0.25) is 4.79 Å². The first kappa shape index (κ1) is 16.6. The molecule has 116 valence electrons. The fourth-order valence-corrected chi connectivity index (χ4v) is 2.17. The lowest BCUT2D eigenvalue weighted by Crippen LogP contribution is -2.41. The first-order chi connectivity index (χ1) is 10.5. The van der Waals surface area contributed by atoms with Gasteiger partial charge in [0.2, 0.25) is 0 Å². The van der Waals surface area contributed by atoms with Crippen molar-refractivity contribution in [2.75, 3.05) is 6.61 Å². The normalized spacial score (nSPS) is 10.1. The van der Waals surface area contributed by atoms with Crippen molar-refractivity contribution >= 4 is 46.4 Å². The third-order valence-electron chi connectivity index (χ3n) is 2.51.